The molecule has 0 aliphatic heterocycles. The molecule has 0 atom stereocenters. The van der Waals surface area contributed by atoms with Crippen molar-refractivity contribution in [3.05, 3.63) is 89.5 Å². The SMILES string of the molecule is COc1ccc(-c2c(C3CCCCC3)c3ccc(C(=O)O)cc3n2Cc2ccccc2)cc1. The molecule has 0 spiro atoms. The summed E-state index contributed by atoms with van der Waals surface area (Å²) in [5.41, 5.74) is 6.21. The van der Waals surface area contributed by atoms with E-state index in [0.29, 0.717) is 18.0 Å². The van der Waals surface area contributed by atoms with Crippen molar-refractivity contribution >= 4 is 16.9 Å². The first kappa shape index (κ1) is 21.3. The molecule has 1 fully saturated rings. The summed E-state index contributed by atoms with van der Waals surface area (Å²) in [5, 5.41) is 10.9. The Morgan fingerprint density at radius 1 is 0.970 bits per heavy atom. The zero-order valence-electron chi connectivity index (χ0n) is 19.0. The van der Waals surface area contributed by atoms with Gasteiger partial charge in [0.15, 0.2) is 0 Å². The monoisotopic (exact) mass is 439 g/mol. The number of carboxylic acid groups (broad SMARTS) is 1. The Morgan fingerprint density at radius 3 is 2.36 bits per heavy atom. The van der Waals surface area contributed by atoms with Crippen LogP contribution < -0.4 is 4.74 Å². The van der Waals surface area contributed by atoms with Crippen LogP contribution in [0.1, 0.15) is 59.5 Å². The van der Waals surface area contributed by atoms with Gasteiger partial charge in [0, 0.05) is 17.4 Å². The van der Waals surface area contributed by atoms with Crippen molar-refractivity contribution < 1.29 is 14.6 Å². The van der Waals surface area contributed by atoms with Gasteiger partial charge >= 0.3 is 5.97 Å². The molecule has 0 unspecified atom stereocenters. The molecule has 1 aromatic heterocycles. The molecule has 1 aliphatic rings. The molecular formula is C29H29NO3. The number of carboxylic acids is 1. The van der Waals surface area contributed by atoms with Gasteiger partial charge in [-0.3, -0.25) is 0 Å². The Hall–Kier alpha value is -3.53. The second-order valence-electron chi connectivity index (χ2n) is 8.93. The summed E-state index contributed by atoms with van der Waals surface area (Å²) in [4.78, 5) is 11.8. The van der Waals surface area contributed by atoms with Crippen molar-refractivity contribution in [2.24, 2.45) is 0 Å². The van der Waals surface area contributed by atoms with Crippen LogP contribution in [0.3, 0.4) is 0 Å². The standard InChI is InChI=1S/C29H29NO3/c1-33-24-15-12-22(13-16-24)28-27(21-10-6-3-7-11-21)25-17-14-23(29(31)32)18-26(25)30(28)19-20-8-4-2-5-9-20/h2,4-5,8-9,12-18,21H,3,6-7,10-11,19H2,1H3,(H,31,32). The molecule has 168 valence electrons. The number of hydrogen-bond donors (Lipinski definition) is 1. The van der Waals surface area contributed by atoms with Gasteiger partial charge < -0.3 is 14.4 Å². The van der Waals surface area contributed by atoms with Gasteiger partial charge in [-0.2, -0.15) is 0 Å². The van der Waals surface area contributed by atoms with E-state index < -0.39 is 5.97 Å². The molecule has 3 aromatic carbocycles. The highest BCUT2D eigenvalue weighted by Crippen LogP contribution is 2.44. The lowest BCUT2D eigenvalue weighted by atomic mass is 9.81. The van der Waals surface area contributed by atoms with Crippen molar-refractivity contribution in [3.8, 4) is 17.0 Å². The van der Waals surface area contributed by atoms with E-state index in [9.17, 15) is 9.90 Å². The molecular weight excluding hydrogens is 410 g/mol. The zero-order valence-corrected chi connectivity index (χ0v) is 19.0. The summed E-state index contributed by atoms with van der Waals surface area (Å²) < 4.78 is 7.73. The van der Waals surface area contributed by atoms with Crippen LogP contribution in [0.15, 0.2) is 72.8 Å². The molecule has 4 nitrogen and oxygen atoms in total. The summed E-state index contributed by atoms with van der Waals surface area (Å²) in [7, 11) is 1.68. The minimum atomic E-state index is -0.894. The van der Waals surface area contributed by atoms with Crippen LogP contribution in [-0.2, 0) is 6.54 Å². The first-order valence-corrected chi connectivity index (χ1v) is 11.7. The first-order chi connectivity index (χ1) is 16.2. The second kappa shape index (κ2) is 9.14. The van der Waals surface area contributed by atoms with Gasteiger partial charge in [-0.25, -0.2) is 4.79 Å². The van der Waals surface area contributed by atoms with Crippen LogP contribution in [0.5, 0.6) is 5.75 Å². The Bertz CT molecular complexity index is 1270. The molecule has 1 heterocycles. The van der Waals surface area contributed by atoms with Crippen molar-refractivity contribution in [2.75, 3.05) is 7.11 Å². The Balaban J connectivity index is 1.79. The third-order valence-corrected chi connectivity index (χ3v) is 6.91. The molecule has 1 aliphatic carbocycles. The van der Waals surface area contributed by atoms with Gasteiger partial charge in [0.25, 0.3) is 0 Å². The summed E-state index contributed by atoms with van der Waals surface area (Å²) >= 11 is 0. The fourth-order valence-electron chi connectivity index (χ4n) is 5.30. The second-order valence-corrected chi connectivity index (χ2v) is 8.93. The number of ether oxygens (including phenoxy) is 1. The lowest BCUT2D eigenvalue weighted by Gasteiger charge is -2.24. The van der Waals surface area contributed by atoms with Gasteiger partial charge in [-0.15, -0.1) is 0 Å². The first-order valence-electron chi connectivity index (χ1n) is 11.7. The fourth-order valence-corrected chi connectivity index (χ4v) is 5.30. The normalized spacial score (nSPS) is 14.5. The van der Waals surface area contributed by atoms with Crippen molar-refractivity contribution in [2.45, 2.75) is 44.6 Å². The van der Waals surface area contributed by atoms with E-state index in [-0.39, 0.29) is 0 Å². The minimum absolute atomic E-state index is 0.325. The van der Waals surface area contributed by atoms with Crippen molar-refractivity contribution in [1.29, 1.82) is 0 Å². The average molecular weight is 440 g/mol. The van der Waals surface area contributed by atoms with Crippen LogP contribution >= 0.6 is 0 Å². The van der Waals surface area contributed by atoms with Crippen LogP contribution in [0.2, 0.25) is 0 Å². The van der Waals surface area contributed by atoms with Gasteiger partial charge in [-0.1, -0.05) is 55.7 Å². The maximum absolute atomic E-state index is 11.8. The summed E-state index contributed by atoms with van der Waals surface area (Å²) in [5.74, 6) is 0.414. The highest BCUT2D eigenvalue weighted by atomic mass is 16.5. The number of carbonyl (C=O) groups is 1. The number of aromatic nitrogens is 1. The number of rotatable bonds is 6. The summed E-state index contributed by atoms with van der Waals surface area (Å²) in [6, 6.07) is 24.3. The zero-order chi connectivity index (χ0) is 22.8. The molecule has 1 saturated carbocycles. The van der Waals surface area contributed by atoms with Crippen LogP contribution in [0.25, 0.3) is 22.2 Å². The Morgan fingerprint density at radius 2 is 1.70 bits per heavy atom. The van der Waals surface area contributed by atoms with Gasteiger partial charge in [0.1, 0.15) is 5.75 Å². The van der Waals surface area contributed by atoms with E-state index in [1.807, 2.05) is 30.3 Å². The average Bonchev–Trinajstić information content (AvgIpc) is 3.18. The number of nitrogens with zero attached hydrogens (tertiary/aromatic N) is 1. The lowest BCUT2D eigenvalue weighted by Crippen LogP contribution is -2.08. The van der Waals surface area contributed by atoms with Crippen LogP contribution in [0, 0.1) is 0 Å². The van der Waals surface area contributed by atoms with E-state index in [4.69, 9.17) is 4.74 Å². The third kappa shape index (κ3) is 4.13. The molecule has 0 bridgehead atoms. The predicted octanol–water partition coefficient (Wildman–Crippen LogP) is 7.11. The van der Waals surface area contributed by atoms with Crippen molar-refractivity contribution in [1.82, 2.24) is 4.57 Å². The van der Waals surface area contributed by atoms with Crippen LogP contribution in [0.4, 0.5) is 0 Å². The number of aromatic carboxylic acids is 1. The maximum Gasteiger partial charge on any atom is 0.335 e. The molecule has 0 radical (unpaired) electrons. The van der Waals surface area contributed by atoms with Gasteiger partial charge in [0.2, 0.25) is 0 Å². The minimum Gasteiger partial charge on any atom is -0.497 e. The number of fused-ring (bicyclic) bond motifs is 1. The van der Waals surface area contributed by atoms with Gasteiger partial charge in [-0.05, 0) is 71.8 Å². The third-order valence-electron chi connectivity index (χ3n) is 6.91. The Kier molecular flexibility index (Phi) is 5.91. The van der Waals surface area contributed by atoms with E-state index >= 15 is 0 Å². The molecule has 4 heteroatoms. The lowest BCUT2D eigenvalue weighted by molar-refractivity contribution is 0.0697. The molecule has 5 rings (SSSR count). The molecule has 33 heavy (non-hydrogen) atoms. The van der Waals surface area contributed by atoms with E-state index in [0.717, 1.165) is 16.8 Å². The largest absolute Gasteiger partial charge is 0.497 e. The summed E-state index contributed by atoms with van der Waals surface area (Å²) in [6.07, 6.45) is 6.12. The molecule has 0 saturated heterocycles. The van der Waals surface area contributed by atoms with E-state index in [1.165, 1.54) is 54.3 Å². The maximum atomic E-state index is 11.8. The van der Waals surface area contributed by atoms with Crippen LogP contribution in [-0.4, -0.2) is 22.8 Å². The number of hydrogen-bond acceptors (Lipinski definition) is 2. The summed E-state index contributed by atoms with van der Waals surface area (Å²) in [6.45, 7) is 0.689. The highest BCUT2D eigenvalue weighted by Gasteiger charge is 2.27. The molecule has 0 amide bonds. The van der Waals surface area contributed by atoms with Gasteiger partial charge in [0.05, 0.1) is 18.4 Å². The fraction of sp³-hybridized carbons (Fsp3) is 0.276. The van der Waals surface area contributed by atoms with E-state index in [1.54, 1.807) is 13.2 Å². The molecule has 4 aromatic rings. The van der Waals surface area contributed by atoms with E-state index in [2.05, 4.69) is 41.0 Å². The molecule has 1 N–H and O–H groups in total. The Labute approximate surface area is 194 Å². The smallest absolute Gasteiger partial charge is 0.335 e. The highest BCUT2D eigenvalue weighted by molar-refractivity contribution is 5.98. The number of benzene rings is 3. The quantitative estimate of drug-likeness (QED) is 0.348. The van der Waals surface area contributed by atoms with Crippen molar-refractivity contribution in [3.63, 3.8) is 0 Å². The predicted molar refractivity (Wildman–Crippen MR) is 132 cm³/mol. The number of methoxy groups -OCH3 is 1. The topological polar surface area (TPSA) is 51.5 Å².